The van der Waals surface area contributed by atoms with Crippen molar-refractivity contribution >= 4 is 0 Å². The van der Waals surface area contributed by atoms with E-state index in [-0.39, 0.29) is 6.04 Å². The molecule has 1 aromatic heterocycles. The molecule has 0 amide bonds. The van der Waals surface area contributed by atoms with Gasteiger partial charge in [0.25, 0.3) is 0 Å². The largest absolute Gasteiger partial charge is 0.493 e. The van der Waals surface area contributed by atoms with Gasteiger partial charge < -0.3 is 14.8 Å². The van der Waals surface area contributed by atoms with Crippen molar-refractivity contribution in [3.05, 3.63) is 11.9 Å². The number of nitrogens with zero attached hydrogens (tertiary/aromatic N) is 2. The van der Waals surface area contributed by atoms with Crippen molar-refractivity contribution in [1.82, 2.24) is 15.1 Å². The van der Waals surface area contributed by atoms with Crippen LogP contribution < -0.4 is 10.1 Å². The van der Waals surface area contributed by atoms with Crippen LogP contribution in [-0.4, -0.2) is 37.2 Å². The second kappa shape index (κ2) is 8.97. The van der Waals surface area contributed by atoms with E-state index in [0.29, 0.717) is 5.92 Å². The summed E-state index contributed by atoms with van der Waals surface area (Å²) >= 11 is 0. The summed E-state index contributed by atoms with van der Waals surface area (Å²) in [5.74, 6) is 1.35. The van der Waals surface area contributed by atoms with Gasteiger partial charge in [-0.3, -0.25) is 4.68 Å². The quantitative estimate of drug-likeness (QED) is 0.717. The van der Waals surface area contributed by atoms with Crippen molar-refractivity contribution in [1.29, 1.82) is 0 Å². The summed E-state index contributed by atoms with van der Waals surface area (Å²) in [6, 6.07) is 0.248. The zero-order valence-electron chi connectivity index (χ0n) is 13.5. The Morgan fingerprint density at radius 3 is 2.65 bits per heavy atom. The van der Waals surface area contributed by atoms with Crippen LogP contribution in [-0.2, 0) is 11.3 Å². The van der Waals surface area contributed by atoms with Crippen molar-refractivity contribution < 1.29 is 9.47 Å². The summed E-state index contributed by atoms with van der Waals surface area (Å²) < 4.78 is 12.8. The zero-order chi connectivity index (χ0) is 15.0. The van der Waals surface area contributed by atoms with Gasteiger partial charge in [-0.15, -0.1) is 0 Å². The molecule has 0 aromatic carbocycles. The zero-order valence-corrected chi connectivity index (χ0v) is 13.5. The average molecular weight is 283 g/mol. The monoisotopic (exact) mass is 283 g/mol. The van der Waals surface area contributed by atoms with Crippen LogP contribution in [0.3, 0.4) is 0 Å². The fraction of sp³-hybridized carbons (Fsp3) is 0.800. The van der Waals surface area contributed by atoms with E-state index < -0.39 is 0 Å². The Labute approximate surface area is 122 Å². The van der Waals surface area contributed by atoms with Gasteiger partial charge in [-0.25, -0.2) is 0 Å². The van der Waals surface area contributed by atoms with Gasteiger partial charge in [0.2, 0.25) is 0 Å². The normalized spacial score (nSPS) is 14.2. The minimum absolute atomic E-state index is 0.248. The van der Waals surface area contributed by atoms with Crippen LogP contribution in [0, 0.1) is 5.92 Å². The maximum Gasteiger partial charge on any atom is 0.161 e. The minimum Gasteiger partial charge on any atom is -0.493 e. The Hall–Kier alpha value is -1.07. The third-order valence-electron chi connectivity index (χ3n) is 3.42. The first kappa shape index (κ1) is 17.0. The number of hydrogen-bond donors (Lipinski definition) is 1. The molecule has 116 valence electrons. The van der Waals surface area contributed by atoms with E-state index in [1.54, 1.807) is 20.4 Å². The molecule has 5 heteroatoms. The Bertz CT molecular complexity index is 358. The summed E-state index contributed by atoms with van der Waals surface area (Å²) in [6.45, 7) is 9.10. The van der Waals surface area contributed by atoms with Gasteiger partial charge in [-0.05, 0) is 32.2 Å². The molecule has 0 bridgehead atoms. The topological polar surface area (TPSA) is 48.3 Å². The smallest absolute Gasteiger partial charge is 0.161 e. The van der Waals surface area contributed by atoms with Crippen LogP contribution >= 0.6 is 0 Å². The van der Waals surface area contributed by atoms with Gasteiger partial charge in [0, 0.05) is 20.3 Å². The van der Waals surface area contributed by atoms with E-state index in [1.807, 2.05) is 4.68 Å². The minimum atomic E-state index is 0.248. The summed E-state index contributed by atoms with van der Waals surface area (Å²) in [6.07, 6.45) is 3.92. The number of methoxy groups -OCH3 is 2. The first-order chi connectivity index (χ1) is 9.67. The second-order valence-corrected chi connectivity index (χ2v) is 5.22. The fourth-order valence-electron chi connectivity index (χ4n) is 2.50. The number of aryl methyl sites for hydroxylation is 1. The average Bonchev–Trinajstić information content (AvgIpc) is 2.86. The summed E-state index contributed by atoms with van der Waals surface area (Å²) in [7, 11) is 3.46. The molecule has 0 saturated carbocycles. The van der Waals surface area contributed by atoms with Crippen molar-refractivity contribution in [3.8, 4) is 5.75 Å². The molecule has 1 N–H and O–H groups in total. The van der Waals surface area contributed by atoms with E-state index in [1.165, 1.54) is 0 Å². The van der Waals surface area contributed by atoms with E-state index >= 15 is 0 Å². The van der Waals surface area contributed by atoms with E-state index in [4.69, 9.17) is 9.47 Å². The molecule has 20 heavy (non-hydrogen) atoms. The Balaban J connectivity index is 2.93. The molecule has 0 spiro atoms. The van der Waals surface area contributed by atoms with Crippen LogP contribution in [0.4, 0.5) is 0 Å². The number of aromatic nitrogens is 2. The SMILES string of the molecule is CCCNC(CC(C)COC)c1c(OC)cnn1CC. The van der Waals surface area contributed by atoms with Crippen molar-refractivity contribution in [2.75, 3.05) is 27.4 Å². The molecule has 0 fully saturated rings. The highest BCUT2D eigenvalue weighted by atomic mass is 16.5. The Kier molecular flexibility index (Phi) is 7.62. The third-order valence-corrected chi connectivity index (χ3v) is 3.42. The molecule has 1 heterocycles. The van der Waals surface area contributed by atoms with E-state index in [9.17, 15) is 0 Å². The molecule has 0 aliphatic rings. The maximum absolute atomic E-state index is 5.48. The van der Waals surface area contributed by atoms with Crippen LogP contribution in [0.2, 0.25) is 0 Å². The Morgan fingerprint density at radius 2 is 2.10 bits per heavy atom. The first-order valence-electron chi connectivity index (χ1n) is 7.49. The lowest BCUT2D eigenvalue weighted by molar-refractivity contribution is 0.148. The van der Waals surface area contributed by atoms with E-state index in [2.05, 4.69) is 31.2 Å². The first-order valence-corrected chi connectivity index (χ1v) is 7.49. The molecule has 2 atom stereocenters. The molecular weight excluding hydrogens is 254 g/mol. The lowest BCUT2D eigenvalue weighted by atomic mass is 9.99. The third kappa shape index (κ3) is 4.49. The van der Waals surface area contributed by atoms with Crippen LogP contribution in [0.1, 0.15) is 45.3 Å². The number of nitrogens with one attached hydrogen (secondary N) is 1. The number of hydrogen-bond acceptors (Lipinski definition) is 4. The van der Waals surface area contributed by atoms with Gasteiger partial charge in [0.1, 0.15) is 0 Å². The lowest BCUT2D eigenvalue weighted by Gasteiger charge is -2.23. The van der Waals surface area contributed by atoms with Crippen LogP contribution in [0.25, 0.3) is 0 Å². The molecule has 1 rings (SSSR count). The number of rotatable bonds is 10. The number of ether oxygens (including phenoxy) is 2. The van der Waals surface area contributed by atoms with Crippen LogP contribution in [0.15, 0.2) is 6.20 Å². The highest BCUT2D eigenvalue weighted by Crippen LogP contribution is 2.29. The van der Waals surface area contributed by atoms with Gasteiger partial charge in [0.15, 0.2) is 5.75 Å². The van der Waals surface area contributed by atoms with Gasteiger partial charge >= 0.3 is 0 Å². The van der Waals surface area contributed by atoms with Gasteiger partial charge in [-0.2, -0.15) is 5.10 Å². The standard InChI is InChI=1S/C15H29N3O2/c1-6-8-16-13(9-12(3)11-19-4)15-14(20-5)10-17-18(15)7-2/h10,12-13,16H,6-9,11H2,1-5H3. The predicted molar refractivity (Wildman–Crippen MR) is 81.1 cm³/mol. The highest BCUT2D eigenvalue weighted by Gasteiger charge is 2.23. The lowest BCUT2D eigenvalue weighted by Crippen LogP contribution is -2.27. The van der Waals surface area contributed by atoms with Gasteiger partial charge in [-0.1, -0.05) is 13.8 Å². The summed E-state index contributed by atoms with van der Waals surface area (Å²) in [4.78, 5) is 0. The summed E-state index contributed by atoms with van der Waals surface area (Å²) in [5.41, 5.74) is 1.14. The maximum atomic E-state index is 5.48. The van der Waals surface area contributed by atoms with Gasteiger partial charge in [0.05, 0.1) is 25.0 Å². The molecule has 5 nitrogen and oxygen atoms in total. The fourth-order valence-corrected chi connectivity index (χ4v) is 2.50. The Morgan fingerprint density at radius 1 is 1.35 bits per heavy atom. The second-order valence-electron chi connectivity index (χ2n) is 5.22. The molecule has 0 saturated heterocycles. The molecule has 2 unspecified atom stereocenters. The van der Waals surface area contributed by atoms with Crippen LogP contribution in [0.5, 0.6) is 5.75 Å². The highest BCUT2D eigenvalue weighted by molar-refractivity contribution is 5.28. The van der Waals surface area contributed by atoms with Crippen molar-refractivity contribution in [2.45, 2.75) is 46.2 Å². The molecule has 0 radical (unpaired) electrons. The van der Waals surface area contributed by atoms with Crippen molar-refractivity contribution in [2.24, 2.45) is 5.92 Å². The molecule has 0 aliphatic carbocycles. The molecular formula is C15H29N3O2. The predicted octanol–water partition coefficient (Wildman–Crippen LogP) is 2.62. The molecule has 0 aliphatic heterocycles. The summed E-state index contributed by atoms with van der Waals surface area (Å²) in [5, 5.41) is 8.02. The van der Waals surface area contributed by atoms with Crippen molar-refractivity contribution in [3.63, 3.8) is 0 Å². The molecule has 1 aromatic rings. The van der Waals surface area contributed by atoms with E-state index in [0.717, 1.165) is 44.0 Å².